The summed E-state index contributed by atoms with van der Waals surface area (Å²) in [5.74, 6) is -1.20. The summed E-state index contributed by atoms with van der Waals surface area (Å²) >= 11 is 6.05. The number of carbonyl (C=O) groups excluding carboxylic acids is 3. The second-order valence-corrected chi connectivity index (χ2v) is 6.73. The van der Waals surface area contributed by atoms with E-state index in [-0.39, 0.29) is 17.7 Å². The molecule has 2 aromatic carbocycles. The first-order valence-electron chi connectivity index (χ1n) is 8.52. The van der Waals surface area contributed by atoms with Gasteiger partial charge < -0.3 is 16.0 Å². The molecule has 1 atom stereocenters. The zero-order valence-electron chi connectivity index (χ0n) is 15.4. The molecule has 2 rings (SSSR count). The molecule has 7 heteroatoms. The smallest absolute Gasteiger partial charge is 0.253 e. The number of rotatable bonds is 6. The average Bonchev–Trinajstić information content (AvgIpc) is 2.65. The quantitative estimate of drug-likeness (QED) is 0.711. The van der Waals surface area contributed by atoms with E-state index < -0.39 is 11.9 Å². The van der Waals surface area contributed by atoms with Crippen molar-refractivity contribution < 1.29 is 14.4 Å². The van der Waals surface area contributed by atoms with Crippen LogP contribution in [0.5, 0.6) is 0 Å². The molecule has 0 bridgehead atoms. The Kier molecular flexibility index (Phi) is 6.96. The molecular weight excluding hydrogens is 366 g/mol. The number of hydrogen-bond acceptors (Lipinski definition) is 3. The first-order chi connectivity index (χ1) is 12.8. The fraction of sp³-hybridized carbons (Fsp3) is 0.250. The van der Waals surface area contributed by atoms with Crippen LogP contribution >= 0.6 is 11.6 Å². The number of hydrogen-bond donors (Lipinski definition) is 3. The Bertz CT molecular complexity index is 852. The van der Waals surface area contributed by atoms with Crippen LogP contribution in [0.2, 0.25) is 5.02 Å². The molecule has 0 radical (unpaired) electrons. The summed E-state index contributed by atoms with van der Waals surface area (Å²) < 4.78 is 0. The molecule has 0 saturated carbocycles. The highest BCUT2D eigenvalue weighted by molar-refractivity contribution is 6.33. The lowest BCUT2D eigenvalue weighted by Gasteiger charge is -2.22. The van der Waals surface area contributed by atoms with E-state index in [9.17, 15) is 14.4 Å². The van der Waals surface area contributed by atoms with Crippen LogP contribution in [0, 0.1) is 5.92 Å². The van der Waals surface area contributed by atoms with Gasteiger partial charge in [-0.05, 0) is 36.2 Å². The number of benzene rings is 2. The minimum Gasteiger partial charge on any atom is -0.355 e. The molecule has 3 amide bonds. The molecule has 0 fully saturated rings. The molecule has 2 aromatic rings. The van der Waals surface area contributed by atoms with Crippen molar-refractivity contribution in [3.63, 3.8) is 0 Å². The Morgan fingerprint density at radius 2 is 1.67 bits per heavy atom. The Morgan fingerprint density at radius 1 is 0.963 bits per heavy atom. The summed E-state index contributed by atoms with van der Waals surface area (Å²) in [6.45, 7) is 3.66. The van der Waals surface area contributed by atoms with Crippen molar-refractivity contribution in [1.29, 1.82) is 0 Å². The van der Waals surface area contributed by atoms with Crippen molar-refractivity contribution in [3.05, 3.63) is 64.7 Å². The topological polar surface area (TPSA) is 87.3 Å². The predicted molar refractivity (Wildman–Crippen MR) is 106 cm³/mol. The summed E-state index contributed by atoms with van der Waals surface area (Å²) in [6, 6.07) is 12.4. The van der Waals surface area contributed by atoms with E-state index in [0.717, 1.165) is 0 Å². The van der Waals surface area contributed by atoms with Gasteiger partial charge in [-0.3, -0.25) is 14.4 Å². The van der Waals surface area contributed by atoms with E-state index in [1.807, 2.05) is 13.8 Å². The van der Waals surface area contributed by atoms with Gasteiger partial charge in [-0.2, -0.15) is 0 Å². The molecule has 6 nitrogen and oxygen atoms in total. The maximum absolute atomic E-state index is 12.7. The van der Waals surface area contributed by atoms with Crippen LogP contribution in [0.25, 0.3) is 0 Å². The highest BCUT2D eigenvalue weighted by Crippen LogP contribution is 2.17. The van der Waals surface area contributed by atoms with Crippen LogP contribution < -0.4 is 16.0 Å². The van der Waals surface area contributed by atoms with Crippen LogP contribution in [-0.2, 0) is 4.79 Å². The van der Waals surface area contributed by atoms with Crippen LogP contribution in [0.15, 0.2) is 48.5 Å². The molecule has 27 heavy (non-hydrogen) atoms. The Hall–Kier alpha value is -2.86. The summed E-state index contributed by atoms with van der Waals surface area (Å²) in [4.78, 5) is 36.9. The number of halogens is 1. The van der Waals surface area contributed by atoms with E-state index in [2.05, 4.69) is 16.0 Å². The van der Waals surface area contributed by atoms with Gasteiger partial charge in [0.25, 0.3) is 11.8 Å². The van der Waals surface area contributed by atoms with Crippen molar-refractivity contribution in [1.82, 2.24) is 10.6 Å². The lowest BCUT2D eigenvalue weighted by molar-refractivity contribution is -0.118. The van der Waals surface area contributed by atoms with Gasteiger partial charge in [0, 0.05) is 18.3 Å². The second kappa shape index (κ2) is 9.19. The van der Waals surface area contributed by atoms with Crippen LogP contribution in [0.1, 0.15) is 34.6 Å². The minimum absolute atomic E-state index is 0.154. The number of anilines is 1. The van der Waals surface area contributed by atoms with Gasteiger partial charge in [-0.1, -0.05) is 43.6 Å². The monoisotopic (exact) mass is 387 g/mol. The fourth-order valence-electron chi connectivity index (χ4n) is 2.50. The van der Waals surface area contributed by atoms with Crippen LogP contribution in [0.4, 0.5) is 5.69 Å². The van der Waals surface area contributed by atoms with Crippen molar-refractivity contribution in [2.45, 2.75) is 19.9 Å². The second-order valence-electron chi connectivity index (χ2n) is 6.32. The largest absolute Gasteiger partial charge is 0.355 e. The van der Waals surface area contributed by atoms with Crippen LogP contribution in [0.3, 0.4) is 0 Å². The minimum atomic E-state index is -0.766. The summed E-state index contributed by atoms with van der Waals surface area (Å²) in [5.41, 5.74) is 1.20. The third-order valence-corrected chi connectivity index (χ3v) is 4.30. The van der Waals surface area contributed by atoms with E-state index in [4.69, 9.17) is 11.6 Å². The van der Waals surface area contributed by atoms with Gasteiger partial charge in [0.1, 0.15) is 6.04 Å². The van der Waals surface area contributed by atoms with E-state index >= 15 is 0 Å². The SMILES string of the molecule is CNC(=O)c1cccc(NC(=O)C(NC(=O)c2ccccc2Cl)C(C)C)c1. The molecule has 142 valence electrons. The molecule has 0 aliphatic rings. The Balaban J connectivity index is 2.15. The van der Waals surface area contributed by atoms with Crippen molar-refractivity contribution in [2.75, 3.05) is 12.4 Å². The molecule has 3 N–H and O–H groups in total. The fourth-order valence-corrected chi connectivity index (χ4v) is 2.72. The van der Waals surface area contributed by atoms with Gasteiger partial charge >= 0.3 is 0 Å². The third-order valence-electron chi connectivity index (χ3n) is 3.97. The van der Waals surface area contributed by atoms with Gasteiger partial charge in [-0.15, -0.1) is 0 Å². The van der Waals surface area contributed by atoms with Gasteiger partial charge in [0.15, 0.2) is 0 Å². The van der Waals surface area contributed by atoms with Gasteiger partial charge in [-0.25, -0.2) is 0 Å². The van der Waals surface area contributed by atoms with Crippen molar-refractivity contribution >= 4 is 35.0 Å². The molecule has 0 heterocycles. The van der Waals surface area contributed by atoms with Crippen molar-refractivity contribution in [3.8, 4) is 0 Å². The number of nitrogens with one attached hydrogen (secondary N) is 3. The van der Waals surface area contributed by atoms with E-state index in [1.54, 1.807) is 48.5 Å². The maximum atomic E-state index is 12.7. The zero-order chi connectivity index (χ0) is 20.0. The summed E-state index contributed by atoms with van der Waals surface area (Å²) in [5, 5.41) is 8.32. The average molecular weight is 388 g/mol. The normalized spacial score (nSPS) is 11.6. The highest BCUT2D eigenvalue weighted by atomic mass is 35.5. The Labute approximate surface area is 163 Å². The molecular formula is C20H22ClN3O3. The summed E-state index contributed by atoms with van der Waals surface area (Å²) in [6.07, 6.45) is 0. The lowest BCUT2D eigenvalue weighted by atomic mass is 10.0. The molecule has 1 unspecified atom stereocenters. The Morgan fingerprint density at radius 3 is 2.30 bits per heavy atom. The van der Waals surface area contributed by atoms with E-state index in [1.165, 1.54) is 7.05 Å². The third kappa shape index (κ3) is 5.31. The molecule has 0 spiro atoms. The number of amides is 3. The summed E-state index contributed by atoms with van der Waals surface area (Å²) in [7, 11) is 1.53. The van der Waals surface area contributed by atoms with E-state index in [0.29, 0.717) is 21.8 Å². The zero-order valence-corrected chi connectivity index (χ0v) is 16.1. The number of carbonyl (C=O) groups is 3. The maximum Gasteiger partial charge on any atom is 0.253 e. The predicted octanol–water partition coefficient (Wildman–Crippen LogP) is 3.09. The molecule has 0 aliphatic carbocycles. The first kappa shape index (κ1) is 20.5. The standard InChI is InChI=1S/C20H22ClN3O3/c1-12(2)17(24-19(26)15-9-4-5-10-16(15)21)20(27)23-14-8-6-7-13(11-14)18(25)22-3/h4-12,17H,1-3H3,(H,22,25)(H,23,27)(H,24,26). The molecule has 0 saturated heterocycles. The highest BCUT2D eigenvalue weighted by Gasteiger charge is 2.25. The first-order valence-corrected chi connectivity index (χ1v) is 8.89. The van der Waals surface area contributed by atoms with Crippen molar-refractivity contribution in [2.24, 2.45) is 5.92 Å². The van der Waals surface area contributed by atoms with Gasteiger partial charge in [0.05, 0.1) is 10.6 Å². The molecule has 0 aromatic heterocycles. The molecule has 0 aliphatic heterocycles. The lowest BCUT2D eigenvalue weighted by Crippen LogP contribution is -2.47. The van der Waals surface area contributed by atoms with Gasteiger partial charge in [0.2, 0.25) is 5.91 Å². The van der Waals surface area contributed by atoms with Crippen LogP contribution in [-0.4, -0.2) is 30.8 Å².